The number of benzene rings is 1. The average Bonchev–Trinajstić information content (AvgIpc) is 2.49. The summed E-state index contributed by atoms with van der Waals surface area (Å²) >= 11 is 0. The number of fused-ring (bicyclic) bond motifs is 1. The van der Waals surface area contributed by atoms with Gasteiger partial charge in [0.1, 0.15) is 0 Å². The zero-order valence-corrected chi connectivity index (χ0v) is 8.09. The Morgan fingerprint density at radius 3 is 2.85 bits per heavy atom. The van der Waals surface area contributed by atoms with Crippen LogP contribution >= 0.6 is 0 Å². The van der Waals surface area contributed by atoms with Crippen molar-refractivity contribution in [3.05, 3.63) is 34.9 Å². The molecule has 70 valence electrons. The van der Waals surface area contributed by atoms with Gasteiger partial charge >= 0.3 is 0 Å². The van der Waals surface area contributed by atoms with Crippen molar-refractivity contribution < 1.29 is 5.11 Å². The van der Waals surface area contributed by atoms with Crippen LogP contribution in [0.3, 0.4) is 0 Å². The van der Waals surface area contributed by atoms with E-state index in [1.807, 2.05) is 6.92 Å². The van der Waals surface area contributed by atoms with E-state index in [9.17, 15) is 5.11 Å². The Kier molecular flexibility index (Phi) is 2.36. The van der Waals surface area contributed by atoms with Crippen LogP contribution in [0.5, 0.6) is 0 Å². The third-order valence-corrected chi connectivity index (χ3v) is 2.69. The molecule has 0 aromatic heterocycles. The van der Waals surface area contributed by atoms with E-state index in [0.717, 1.165) is 6.42 Å². The van der Waals surface area contributed by atoms with Crippen LogP contribution in [0.2, 0.25) is 0 Å². The van der Waals surface area contributed by atoms with E-state index in [-0.39, 0.29) is 6.10 Å². The highest BCUT2D eigenvalue weighted by molar-refractivity contribution is 5.35. The van der Waals surface area contributed by atoms with E-state index in [0.29, 0.717) is 0 Å². The fourth-order valence-corrected chi connectivity index (χ4v) is 2.09. The lowest BCUT2D eigenvalue weighted by Crippen LogP contribution is -2.04. The molecule has 0 amide bonds. The summed E-state index contributed by atoms with van der Waals surface area (Å²) in [5.74, 6) is 0. The lowest BCUT2D eigenvalue weighted by molar-refractivity contribution is 0.195. The zero-order chi connectivity index (χ0) is 9.26. The van der Waals surface area contributed by atoms with Gasteiger partial charge in [0.05, 0.1) is 6.10 Å². The lowest BCUT2D eigenvalue weighted by atomic mass is 10.0. The van der Waals surface area contributed by atoms with Crippen molar-refractivity contribution in [2.75, 3.05) is 0 Å². The van der Waals surface area contributed by atoms with E-state index >= 15 is 0 Å². The molecule has 0 spiro atoms. The monoisotopic (exact) mass is 176 g/mol. The molecule has 1 aromatic rings. The predicted octanol–water partition coefficient (Wildman–Crippen LogP) is 2.10. The molecule has 1 aliphatic rings. The lowest BCUT2D eigenvalue weighted by Gasteiger charge is -2.06. The molecule has 2 rings (SSSR count). The number of aryl methyl sites for hydroxylation is 2. The van der Waals surface area contributed by atoms with Crippen molar-refractivity contribution in [1.29, 1.82) is 0 Å². The molecule has 0 fully saturated rings. The molecule has 0 heterocycles. The summed E-state index contributed by atoms with van der Waals surface area (Å²) in [5, 5.41) is 9.25. The molecule has 0 aliphatic heterocycles. The Balaban J connectivity index is 2.21. The van der Waals surface area contributed by atoms with Crippen LogP contribution in [0.4, 0.5) is 0 Å². The minimum absolute atomic E-state index is 0.223. The third-order valence-electron chi connectivity index (χ3n) is 2.69. The van der Waals surface area contributed by atoms with Crippen LogP contribution in [0.1, 0.15) is 30.0 Å². The van der Waals surface area contributed by atoms with Crippen LogP contribution in [-0.2, 0) is 19.3 Å². The van der Waals surface area contributed by atoms with Crippen molar-refractivity contribution in [2.45, 2.75) is 38.7 Å². The molecule has 1 aliphatic carbocycles. The molecule has 1 atom stereocenters. The minimum Gasteiger partial charge on any atom is -0.393 e. The van der Waals surface area contributed by atoms with Crippen molar-refractivity contribution in [3.8, 4) is 0 Å². The Hall–Kier alpha value is -0.820. The van der Waals surface area contributed by atoms with Crippen molar-refractivity contribution in [2.24, 2.45) is 0 Å². The van der Waals surface area contributed by atoms with E-state index < -0.39 is 0 Å². The first-order chi connectivity index (χ1) is 6.25. The Morgan fingerprint density at radius 2 is 2.08 bits per heavy atom. The highest BCUT2D eigenvalue weighted by Crippen LogP contribution is 2.23. The maximum Gasteiger partial charge on any atom is 0.0552 e. The summed E-state index contributed by atoms with van der Waals surface area (Å²) in [4.78, 5) is 0. The molecule has 0 bridgehead atoms. The first-order valence-corrected chi connectivity index (χ1v) is 5.04. The summed E-state index contributed by atoms with van der Waals surface area (Å²) in [7, 11) is 0. The van der Waals surface area contributed by atoms with E-state index in [1.165, 1.54) is 36.0 Å². The molecule has 1 N–H and O–H groups in total. The molecule has 1 unspecified atom stereocenters. The number of aliphatic hydroxyl groups excluding tert-OH is 1. The van der Waals surface area contributed by atoms with Gasteiger partial charge in [0.2, 0.25) is 0 Å². The Labute approximate surface area is 79.4 Å². The van der Waals surface area contributed by atoms with Gasteiger partial charge in [-0.25, -0.2) is 0 Å². The van der Waals surface area contributed by atoms with Crippen LogP contribution in [0.25, 0.3) is 0 Å². The van der Waals surface area contributed by atoms with Crippen LogP contribution < -0.4 is 0 Å². The molecule has 0 saturated heterocycles. The molecule has 0 saturated carbocycles. The topological polar surface area (TPSA) is 20.2 Å². The second-order valence-corrected chi connectivity index (χ2v) is 4.01. The fourth-order valence-electron chi connectivity index (χ4n) is 2.09. The highest BCUT2D eigenvalue weighted by Gasteiger charge is 2.10. The van der Waals surface area contributed by atoms with Crippen molar-refractivity contribution >= 4 is 0 Å². The van der Waals surface area contributed by atoms with Crippen molar-refractivity contribution in [1.82, 2.24) is 0 Å². The first kappa shape index (κ1) is 8.76. The van der Waals surface area contributed by atoms with Gasteiger partial charge in [0.15, 0.2) is 0 Å². The molecular formula is C12H16O. The maximum absolute atomic E-state index is 9.25. The Morgan fingerprint density at radius 1 is 1.31 bits per heavy atom. The van der Waals surface area contributed by atoms with Crippen LogP contribution in [0, 0.1) is 0 Å². The average molecular weight is 176 g/mol. The smallest absolute Gasteiger partial charge is 0.0552 e. The van der Waals surface area contributed by atoms with Gasteiger partial charge in [-0.3, -0.25) is 0 Å². The standard InChI is InChI=1S/C12H16O/c1-9(13)7-10-5-6-11-3-2-4-12(11)8-10/h5-6,8-9,13H,2-4,7H2,1H3. The summed E-state index contributed by atoms with van der Waals surface area (Å²) in [6.45, 7) is 1.84. The molecule has 0 radical (unpaired) electrons. The quantitative estimate of drug-likeness (QED) is 0.731. The number of hydrogen-bond donors (Lipinski definition) is 1. The van der Waals surface area contributed by atoms with E-state index in [4.69, 9.17) is 0 Å². The second-order valence-electron chi connectivity index (χ2n) is 4.01. The normalized spacial score (nSPS) is 17.1. The first-order valence-electron chi connectivity index (χ1n) is 5.04. The van der Waals surface area contributed by atoms with Gasteiger partial charge in [0, 0.05) is 0 Å². The highest BCUT2D eigenvalue weighted by atomic mass is 16.3. The molecule has 1 aromatic carbocycles. The Bertz CT molecular complexity index is 302. The van der Waals surface area contributed by atoms with Gasteiger partial charge in [-0.1, -0.05) is 18.2 Å². The minimum atomic E-state index is -0.223. The molecule has 1 nitrogen and oxygen atoms in total. The van der Waals surface area contributed by atoms with Gasteiger partial charge in [-0.05, 0) is 49.3 Å². The van der Waals surface area contributed by atoms with Crippen molar-refractivity contribution in [3.63, 3.8) is 0 Å². The molecule has 13 heavy (non-hydrogen) atoms. The summed E-state index contributed by atoms with van der Waals surface area (Å²) in [6, 6.07) is 6.63. The molecular weight excluding hydrogens is 160 g/mol. The van der Waals surface area contributed by atoms with Gasteiger partial charge < -0.3 is 5.11 Å². The number of aliphatic hydroxyl groups is 1. The largest absolute Gasteiger partial charge is 0.393 e. The summed E-state index contributed by atoms with van der Waals surface area (Å²) in [6.07, 6.45) is 4.33. The maximum atomic E-state index is 9.25. The number of rotatable bonds is 2. The third kappa shape index (κ3) is 1.92. The summed E-state index contributed by atoms with van der Waals surface area (Å²) < 4.78 is 0. The zero-order valence-electron chi connectivity index (χ0n) is 8.09. The fraction of sp³-hybridized carbons (Fsp3) is 0.500. The summed E-state index contributed by atoms with van der Waals surface area (Å²) in [5.41, 5.74) is 4.28. The predicted molar refractivity (Wildman–Crippen MR) is 53.9 cm³/mol. The van der Waals surface area contributed by atoms with Crippen LogP contribution in [-0.4, -0.2) is 11.2 Å². The van der Waals surface area contributed by atoms with Gasteiger partial charge in [0.25, 0.3) is 0 Å². The van der Waals surface area contributed by atoms with Gasteiger partial charge in [-0.15, -0.1) is 0 Å². The van der Waals surface area contributed by atoms with Crippen LogP contribution in [0.15, 0.2) is 18.2 Å². The van der Waals surface area contributed by atoms with E-state index in [2.05, 4.69) is 18.2 Å². The SMILES string of the molecule is CC(O)Cc1ccc2c(c1)CCC2. The van der Waals surface area contributed by atoms with E-state index in [1.54, 1.807) is 0 Å². The second kappa shape index (κ2) is 3.51. The molecule has 1 heteroatoms. The van der Waals surface area contributed by atoms with Gasteiger partial charge in [-0.2, -0.15) is 0 Å². The number of hydrogen-bond acceptors (Lipinski definition) is 1.